The molecule has 1 saturated carbocycles. The lowest BCUT2D eigenvalue weighted by atomic mass is 9.97. The van der Waals surface area contributed by atoms with Gasteiger partial charge in [0.25, 0.3) is 0 Å². The number of Topliss-reactive ketones (excluding diaryl/α,β-unsaturated/α-hetero) is 1. The molecule has 0 aliphatic heterocycles. The first-order valence-electron chi connectivity index (χ1n) is 4.42. The van der Waals surface area contributed by atoms with Crippen molar-refractivity contribution in [3.8, 4) is 0 Å². The van der Waals surface area contributed by atoms with Gasteiger partial charge in [-0.1, -0.05) is 0 Å². The number of hydrogen-bond acceptors (Lipinski definition) is 4. The molecule has 0 amide bonds. The summed E-state index contributed by atoms with van der Waals surface area (Å²) in [7, 11) is 1.33. The standard InChI is InChI=1S/C9H14O4/c1-12-9(11)6-13-8-4-2-7(10)3-5-8/h8H,2-6H2,1H3. The van der Waals surface area contributed by atoms with Crippen LogP contribution in [0.3, 0.4) is 0 Å². The Morgan fingerprint density at radius 1 is 1.46 bits per heavy atom. The van der Waals surface area contributed by atoms with Crippen molar-refractivity contribution in [2.45, 2.75) is 31.8 Å². The summed E-state index contributed by atoms with van der Waals surface area (Å²) in [6.07, 6.45) is 2.67. The second-order valence-corrected chi connectivity index (χ2v) is 3.13. The largest absolute Gasteiger partial charge is 0.467 e. The number of carbonyl (C=O) groups excluding carboxylic acids is 2. The van der Waals surface area contributed by atoms with Gasteiger partial charge < -0.3 is 9.47 Å². The molecule has 0 aromatic carbocycles. The molecule has 4 heteroatoms. The van der Waals surface area contributed by atoms with Crippen molar-refractivity contribution in [3.63, 3.8) is 0 Å². The molecule has 0 spiro atoms. The number of ether oxygens (including phenoxy) is 2. The van der Waals surface area contributed by atoms with Gasteiger partial charge in [0, 0.05) is 12.8 Å². The van der Waals surface area contributed by atoms with Crippen LogP contribution in [0.25, 0.3) is 0 Å². The predicted octanol–water partition coefficient (Wildman–Crippen LogP) is 0.688. The van der Waals surface area contributed by atoms with Crippen molar-refractivity contribution in [1.29, 1.82) is 0 Å². The molecule has 0 radical (unpaired) electrons. The number of rotatable bonds is 3. The third-order valence-electron chi connectivity index (χ3n) is 2.15. The van der Waals surface area contributed by atoms with Crippen LogP contribution in [0.4, 0.5) is 0 Å². The lowest BCUT2D eigenvalue weighted by molar-refractivity contribution is -0.148. The van der Waals surface area contributed by atoms with Crippen molar-refractivity contribution in [2.75, 3.05) is 13.7 Å². The van der Waals surface area contributed by atoms with Crippen LogP contribution in [0.5, 0.6) is 0 Å². The Hall–Kier alpha value is -0.900. The minimum atomic E-state index is -0.364. The van der Waals surface area contributed by atoms with Crippen LogP contribution in [0.1, 0.15) is 25.7 Å². The Labute approximate surface area is 77.2 Å². The second kappa shape index (κ2) is 4.97. The van der Waals surface area contributed by atoms with Crippen LogP contribution in [-0.2, 0) is 19.1 Å². The fraction of sp³-hybridized carbons (Fsp3) is 0.778. The summed E-state index contributed by atoms with van der Waals surface area (Å²) >= 11 is 0. The Bertz CT molecular complexity index is 190. The summed E-state index contributed by atoms with van der Waals surface area (Å²) in [4.78, 5) is 21.6. The first-order chi connectivity index (χ1) is 6.22. The zero-order valence-corrected chi connectivity index (χ0v) is 7.75. The lowest BCUT2D eigenvalue weighted by Crippen LogP contribution is -2.24. The van der Waals surface area contributed by atoms with E-state index in [-0.39, 0.29) is 24.5 Å². The number of esters is 1. The van der Waals surface area contributed by atoms with E-state index in [1.807, 2.05) is 0 Å². The van der Waals surface area contributed by atoms with E-state index in [2.05, 4.69) is 4.74 Å². The fourth-order valence-electron chi connectivity index (χ4n) is 1.32. The summed E-state index contributed by atoms with van der Waals surface area (Å²) in [5, 5.41) is 0. The molecular formula is C9H14O4. The average Bonchev–Trinajstić information content (AvgIpc) is 2.16. The van der Waals surface area contributed by atoms with Crippen molar-refractivity contribution >= 4 is 11.8 Å². The maximum Gasteiger partial charge on any atom is 0.331 e. The van der Waals surface area contributed by atoms with Gasteiger partial charge in [0.1, 0.15) is 12.4 Å². The summed E-state index contributed by atoms with van der Waals surface area (Å²) in [5.41, 5.74) is 0. The first kappa shape index (κ1) is 10.2. The van der Waals surface area contributed by atoms with E-state index >= 15 is 0 Å². The van der Waals surface area contributed by atoms with Crippen LogP contribution in [0, 0.1) is 0 Å². The summed E-state index contributed by atoms with van der Waals surface area (Å²) in [6.45, 7) is -0.00461. The normalized spacial score (nSPS) is 18.7. The van der Waals surface area contributed by atoms with Gasteiger partial charge in [-0.3, -0.25) is 4.79 Å². The van der Waals surface area contributed by atoms with Crippen LogP contribution in [-0.4, -0.2) is 31.6 Å². The highest BCUT2D eigenvalue weighted by atomic mass is 16.6. The van der Waals surface area contributed by atoms with Gasteiger partial charge in [-0.2, -0.15) is 0 Å². The predicted molar refractivity (Wildman–Crippen MR) is 45.2 cm³/mol. The minimum Gasteiger partial charge on any atom is -0.467 e. The van der Waals surface area contributed by atoms with Gasteiger partial charge in [-0.25, -0.2) is 4.79 Å². The lowest BCUT2D eigenvalue weighted by Gasteiger charge is -2.20. The third-order valence-corrected chi connectivity index (χ3v) is 2.15. The van der Waals surface area contributed by atoms with E-state index in [4.69, 9.17) is 4.74 Å². The van der Waals surface area contributed by atoms with Crippen LogP contribution in [0.2, 0.25) is 0 Å². The summed E-state index contributed by atoms with van der Waals surface area (Å²) in [5.74, 6) is -0.0742. The monoisotopic (exact) mass is 186 g/mol. The van der Waals surface area contributed by atoms with E-state index in [9.17, 15) is 9.59 Å². The minimum absolute atomic E-state index is 0.00461. The molecule has 0 N–H and O–H groups in total. The third kappa shape index (κ3) is 3.55. The van der Waals surface area contributed by atoms with E-state index in [1.165, 1.54) is 7.11 Å². The molecule has 0 bridgehead atoms. The molecule has 4 nitrogen and oxygen atoms in total. The van der Waals surface area contributed by atoms with Crippen LogP contribution in [0.15, 0.2) is 0 Å². The maximum atomic E-state index is 10.9. The van der Waals surface area contributed by atoms with Gasteiger partial charge in [0.15, 0.2) is 0 Å². The number of hydrogen-bond donors (Lipinski definition) is 0. The highest BCUT2D eigenvalue weighted by Crippen LogP contribution is 2.17. The number of ketones is 1. The van der Waals surface area contributed by atoms with E-state index < -0.39 is 0 Å². The molecule has 1 rings (SSSR count). The van der Waals surface area contributed by atoms with Crippen LogP contribution >= 0.6 is 0 Å². The smallest absolute Gasteiger partial charge is 0.331 e. The zero-order valence-electron chi connectivity index (χ0n) is 7.75. The number of carbonyl (C=O) groups is 2. The highest BCUT2D eigenvalue weighted by Gasteiger charge is 2.19. The molecule has 0 unspecified atom stereocenters. The molecule has 74 valence electrons. The SMILES string of the molecule is COC(=O)COC1CCC(=O)CC1. The molecule has 1 aliphatic carbocycles. The van der Waals surface area contributed by atoms with Gasteiger partial charge in [0.2, 0.25) is 0 Å². The van der Waals surface area contributed by atoms with Gasteiger partial charge in [-0.15, -0.1) is 0 Å². The van der Waals surface area contributed by atoms with Gasteiger partial charge in [0.05, 0.1) is 13.2 Å². The van der Waals surface area contributed by atoms with E-state index in [1.54, 1.807) is 0 Å². The summed E-state index contributed by atoms with van der Waals surface area (Å²) in [6, 6.07) is 0. The van der Waals surface area contributed by atoms with E-state index in [0.29, 0.717) is 12.8 Å². The topological polar surface area (TPSA) is 52.6 Å². The Morgan fingerprint density at radius 2 is 2.08 bits per heavy atom. The molecular weight excluding hydrogens is 172 g/mol. The summed E-state index contributed by atoms with van der Waals surface area (Å²) < 4.78 is 9.69. The second-order valence-electron chi connectivity index (χ2n) is 3.13. The number of methoxy groups -OCH3 is 1. The van der Waals surface area contributed by atoms with Crippen molar-refractivity contribution in [3.05, 3.63) is 0 Å². The van der Waals surface area contributed by atoms with Crippen molar-refractivity contribution in [2.24, 2.45) is 0 Å². The molecule has 0 aromatic heterocycles. The maximum absolute atomic E-state index is 10.9. The van der Waals surface area contributed by atoms with Gasteiger partial charge >= 0.3 is 5.97 Å². The zero-order chi connectivity index (χ0) is 9.68. The molecule has 0 heterocycles. The first-order valence-corrected chi connectivity index (χ1v) is 4.42. The van der Waals surface area contributed by atoms with Gasteiger partial charge in [-0.05, 0) is 12.8 Å². The highest BCUT2D eigenvalue weighted by molar-refractivity contribution is 5.79. The van der Waals surface area contributed by atoms with Crippen molar-refractivity contribution in [1.82, 2.24) is 0 Å². The Morgan fingerprint density at radius 3 is 2.62 bits per heavy atom. The Balaban J connectivity index is 2.15. The molecule has 1 fully saturated rings. The van der Waals surface area contributed by atoms with Crippen molar-refractivity contribution < 1.29 is 19.1 Å². The average molecular weight is 186 g/mol. The quantitative estimate of drug-likeness (QED) is 0.608. The molecule has 0 saturated heterocycles. The fourth-order valence-corrected chi connectivity index (χ4v) is 1.32. The molecule has 13 heavy (non-hydrogen) atoms. The molecule has 1 aliphatic rings. The molecule has 0 aromatic rings. The van der Waals surface area contributed by atoms with Crippen LogP contribution < -0.4 is 0 Å². The van der Waals surface area contributed by atoms with E-state index in [0.717, 1.165) is 12.8 Å². The molecule has 0 atom stereocenters. The Kier molecular flexibility index (Phi) is 3.89.